The molecule has 1 unspecified atom stereocenters. The summed E-state index contributed by atoms with van der Waals surface area (Å²) in [6.45, 7) is 3.08. The Morgan fingerprint density at radius 2 is 1.73 bits per heavy atom. The smallest absolute Gasteiger partial charge is 0.126 e. The Morgan fingerprint density at radius 3 is 2.42 bits per heavy atom. The molecule has 1 N–H and O–H groups in total. The lowest BCUT2D eigenvalue weighted by molar-refractivity contribution is -0.908. The second-order valence-corrected chi connectivity index (χ2v) is 6.84. The Labute approximate surface area is 153 Å². The van der Waals surface area contributed by atoms with E-state index in [0.29, 0.717) is 0 Å². The van der Waals surface area contributed by atoms with Gasteiger partial charge in [0.15, 0.2) is 0 Å². The van der Waals surface area contributed by atoms with Crippen molar-refractivity contribution in [1.82, 2.24) is 0 Å². The third-order valence-electron chi connectivity index (χ3n) is 5.23. The first-order valence-electron chi connectivity index (χ1n) is 9.08. The van der Waals surface area contributed by atoms with Crippen molar-refractivity contribution in [3.63, 3.8) is 0 Å². The number of halogens is 1. The molecule has 0 aromatic heterocycles. The zero-order valence-electron chi connectivity index (χ0n) is 15.0. The molecule has 0 fully saturated rings. The van der Waals surface area contributed by atoms with Gasteiger partial charge in [-0.05, 0) is 46.9 Å². The largest absolute Gasteiger partial charge is 0.496 e. The maximum absolute atomic E-state index is 13.1. The average molecular weight is 348 g/mol. The maximum atomic E-state index is 13.1. The van der Waals surface area contributed by atoms with Crippen molar-refractivity contribution < 1.29 is 14.0 Å². The molecule has 0 bridgehead atoms. The number of methoxy groups -OCH3 is 1. The highest BCUT2D eigenvalue weighted by molar-refractivity contribution is 5.91. The molecule has 2 nitrogen and oxygen atoms in total. The van der Waals surface area contributed by atoms with E-state index in [0.717, 1.165) is 37.4 Å². The van der Waals surface area contributed by atoms with Crippen molar-refractivity contribution in [3.8, 4) is 5.75 Å². The van der Waals surface area contributed by atoms with E-state index in [1.807, 2.05) is 12.1 Å². The van der Waals surface area contributed by atoms with Crippen LogP contribution in [0, 0.1) is 5.82 Å². The third-order valence-corrected chi connectivity index (χ3v) is 5.23. The minimum atomic E-state index is -0.177. The van der Waals surface area contributed by atoms with E-state index in [-0.39, 0.29) is 5.82 Å². The van der Waals surface area contributed by atoms with E-state index in [2.05, 4.69) is 42.5 Å². The molecule has 4 rings (SSSR count). The quantitative estimate of drug-likeness (QED) is 0.756. The lowest BCUT2D eigenvalue weighted by atomic mass is 9.98. The van der Waals surface area contributed by atoms with E-state index in [1.165, 1.54) is 21.9 Å². The summed E-state index contributed by atoms with van der Waals surface area (Å²) in [7, 11) is 1.72. The molecule has 0 spiro atoms. The van der Waals surface area contributed by atoms with Gasteiger partial charge in [0.25, 0.3) is 0 Å². The predicted octanol–water partition coefficient (Wildman–Crippen LogP) is 3.86. The molecular weight excluding hydrogens is 325 g/mol. The third kappa shape index (κ3) is 3.35. The van der Waals surface area contributed by atoms with Gasteiger partial charge in [-0.15, -0.1) is 0 Å². The van der Waals surface area contributed by atoms with Crippen LogP contribution in [0.2, 0.25) is 0 Å². The molecule has 3 aromatic rings. The van der Waals surface area contributed by atoms with E-state index in [4.69, 9.17) is 4.74 Å². The number of fused-ring (bicyclic) bond motifs is 1. The Balaban J connectivity index is 1.53. The summed E-state index contributed by atoms with van der Waals surface area (Å²) >= 11 is 0. The number of benzene rings is 3. The molecule has 3 heteroatoms. The van der Waals surface area contributed by atoms with E-state index < -0.39 is 0 Å². The first-order chi connectivity index (χ1) is 12.7. The molecule has 0 saturated heterocycles. The predicted molar refractivity (Wildman–Crippen MR) is 104 cm³/mol. The molecule has 132 valence electrons. The van der Waals surface area contributed by atoms with Crippen molar-refractivity contribution in [2.45, 2.75) is 13.0 Å². The number of hydrogen-bond acceptors (Lipinski definition) is 1. The van der Waals surface area contributed by atoms with E-state index in [9.17, 15) is 4.39 Å². The second-order valence-electron chi connectivity index (χ2n) is 6.84. The van der Waals surface area contributed by atoms with Gasteiger partial charge in [-0.25, -0.2) is 4.39 Å². The number of rotatable bonds is 4. The fourth-order valence-corrected chi connectivity index (χ4v) is 3.81. The highest BCUT2D eigenvalue weighted by atomic mass is 19.1. The van der Waals surface area contributed by atoms with Crippen LogP contribution in [0.3, 0.4) is 0 Å². The Morgan fingerprint density at radius 1 is 0.962 bits per heavy atom. The van der Waals surface area contributed by atoms with Gasteiger partial charge in [0, 0.05) is 17.4 Å². The molecule has 0 saturated carbocycles. The normalized spacial score (nSPS) is 17.2. The summed E-state index contributed by atoms with van der Waals surface area (Å²) in [6, 6.07) is 19.5. The van der Waals surface area contributed by atoms with Crippen molar-refractivity contribution in [3.05, 3.63) is 83.7 Å². The van der Waals surface area contributed by atoms with Crippen molar-refractivity contribution >= 4 is 16.3 Å². The fourth-order valence-electron chi connectivity index (χ4n) is 3.81. The second kappa shape index (κ2) is 7.30. The molecule has 3 aromatic carbocycles. The van der Waals surface area contributed by atoms with Crippen molar-refractivity contribution in [2.24, 2.45) is 0 Å². The lowest BCUT2D eigenvalue weighted by Crippen LogP contribution is -3.11. The fraction of sp³-hybridized carbons (Fsp3) is 0.217. The van der Waals surface area contributed by atoms with Crippen LogP contribution in [0.15, 0.2) is 66.7 Å². The van der Waals surface area contributed by atoms with Gasteiger partial charge < -0.3 is 9.64 Å². The van der Waals surface area contributed by atoms with Gasteiger partial charge in [-0.3, -0.25) is 0 Å². The SMILES string of the molecule is COc1ccc(C[NH+]2CC=C(c3ccc(F)cc3)CC2)c2ccccc12. The van der Waals surface area contributed by atoms with Crippen LogP contribution in [0.5, 0.6) is 5.75 Å². The molecule has 26 heavy (non-hydrogen) atoms. The molecule has 1 aliphatic heterocycles. The Bertz CT molecular complexity index is 946. The molecule has 0 amide bonds. The molecule has 0 radical (unpaired) electrons. The number of quaternary nitrogens is 1. The molecule has 0 aliphatic carbocycles. The van der Waals surface area contributed by atoms with Gasteiger partial charge in [-0.2, -0.15) is 0 Å². The van der Waals surface area contributed by atoms with Gasteiger partial charge in [0.1, 0.15) is 18.1 Å². The van der Waals surface area contributed by atoms with Crippen LogP contribution in [0.4, 0.5) is 4.39 Å². The lowest BCUT2D eigenvalue weighted by Gasteiger charge is -2.24. The molecule has 1 aliphatic rings. The minimum absolute atomic E-state index is 0.177. The molecule has 1 heterocycles. The van der Waals surface area contributed by atoms with E-state index >= 15 is 0 Å². The van der Waals surface area contributed by atoms with Gasteiger partial charge in [0.05, 0.1) is 20.2 Å². The standard InChI is InChI=1S/C23H22FNO/c1-26-23-11-8-19(21-4-2-3-5-22(21)23)16-25-14-12-18(13-15-25)17-6-9-20(24)10-7-17/h2-12H,13-16H2,1H3/p+1. The summed E-state index contributed by atoms with van der Waals surface area (Å²) < 4.78 is 18.6. The molecule has 1 atom stereocenters. The summed E-state index contributed by atoms with van der Waals surface area (Å²) in [5, 5.41) is 2.44. The van der Waals surface area contributed by atoms with Crippen LogP contribution < -0.4 is 9.64 Å². The number of hydrogen-bond donors (Lipinski definition) is 1. The summed E-state index contributed by atoms with van der Waals surface area (Å²) in [5.41, 5.74) is 3.82. The van der Waals surface area contributed by atoms with Crippen molar-refractivity contribution in [1.29, 1.82) is 0 Å². The number of ether oxygens (including phenoxy) is 1. The Hall–Kier alpha value is -2.65. The van der Waals surface area contributed by atoms with Gasteiger partial charge in [-0.1, -0.05) is 36.4 Å². The average Bonchev–Trinajstić information content (AvgIpc) is 2.69. The van der Waals surface area contributed by atoms with Crippen LogP contribution >= 0.6 is 0 Å². The Kier molecular flexibility index (Phi) is 4.72. The first kappa shape index (κ1) is 16.8. The van der Waals surface area contributed by atoms with Crippen LogP contribution in [-0.4, -0.2) is 20.2 Å². The zero-order valence-corrected chi connectivity index (χ0v) is 15.0. The monoisotopic (exact) mass is 348 g/mol. The van der Waals surface area contributed by atoms with Gasteiger partial charge >= 0.3 is 0 Å². The topological polar surface area (TPSA) is 13.7 Å². The zero-order chi connectivity index (χ0) is 17.9. The maximum Gasteiger partial charge on any atom is 0.126 e. The summed E-state index contributed by atoms with van der Waals surface area (Å²) in [5.74, 6) is 0.750. The first-order valence-corrected chi connectivity index (χ1v) is 9.08. The molecular formula is C23H23FNO+. The number of nitrogens with one attached hydrogen (secondary N) is 1. The van der Waals surface area contributed by atoms with Gasteiger partial charge in [0.2, 0.25) is 0 Å². The van der Waals surface area contributed by atoms with Crippen LogP contribution in [0.25, 0.3) is 16.3 Å². The van der Waals surface area contributed by atoms with E-state index in [1.54, 1.807) is 24.1 Å². The summed E-state index contributed by atoms with van der Waals surface area (Å²) in [6.07, 6.45) is 3.33. The van der Waals surface area contributed by atoms with Crippen LogP contribution in [0.1, 0.15) is 17.5 Å². The highest BCUT2D eigenvalue weighted by Gasteiger charge is 2.18. The highest BCUT2D eigenvalue weighted by Crippen LogP contribution is 2.28. The summed E-state index contributed by atoms with van der Waals surface area (Å²) in [4.78, 5) is 1.55. The van der Waals surface area contributed by atoms with Crippen molar-refractivity contribution in [2.75, 3.05) is 20.2 Å². The van der Waals surface area contributed by atoms with Crippen LogP contribution in [-0.2, 0) is 6.54 Å². The minimum Gasteiger partial charge on any atom is -0.496 e.